The molecular formula is C10H10ClN3. The van der Waals surface area contributed by atoms with Crippen LogP contribution in [-0.4, -0.2) is 4.98 Å². The zero-order valence-electron chi connectivity index (χ0n) is 7.50. The molecule has 0 unspecified atom stereocenters. The van der Waals surface area contributed by atoms with Crippen LogP contribution in [0.1, 0.15) is 5.56 Å². The Balaban J connectivity index is 2.70. The smallest absolute Gasteiger partial charge is 0.152 e. The van der Waals surface area contributed by atoms with Gasteiger partial charge in [0.05, 0.1) is 11.2 Å². The summed E-state index contributed by atoms with van der Waals surface area (Å²) in [6.07, 6.45) is 0. The van der Waals surface area contributed by atoms with E-state index in [-0.39, 0.29) is 0 Å². The number of benzene rings is 1. The molecule has 0 aliphatic carbocycles. The highest BCUT2D eigenvalue weighted by Gasteiger charge is 2.01. The molecule has 0 saturated carbocycles. The van der Waals surface area contributed by atoms with Crippen LogP contribution in [-0.2, 0) is 6.54 Å². The Kier molecular flexibility index (Phi) is 2.27. The Hall–Kier alpha value is -1.32. The summed E-state index contributed by atoms with van der Waals surface area (Å²) in [7, 11) is 0. The first-order valence-electron chi connectivity index (χ1n) is 4.25. The maximum atomic E-state index is 5.82. The zero-order chi connectivity index (χ0) is 10.1. The topological polar surface area (TPSA) is 64.9 Å². The molecule has 3 nitrogen and oxygen atoms in total. The Bertz CT molecular complexity index is 482. The Labute approximate surface area is 86.7 Å². The van der Waals surface area contributed by atoms with Crippen LogP contribution in [0, 0.1) is 0 Å². The van der Waals surface area contributed by atoms with E-state index in [2.05, 4.69) is 4.98 Å². The lowest BCUT2D eigenvalue weighted by Crippen LogP contribution is -1.96. The molecule has 2 aromatic rings. The van der Waals surface area contributed by atoms with Gasteiger partial charge in [-0.25, -0.2) is 4.98 Å². The molecule has 0 spiro atoms. The molecule has 4 N–H and O–H groups in total. The van der Waals surface area contributed by atoms with Crippen LogP contribution in [0.5, 0.6) is 0 Å². The van der Waals surface area contributed by atoms with Crippen molar-refractivity contribution in [2.75, 3.05) is 5.73 Å². The van der Waals surface area contributed by atoms with Crippen molar-refractivity contribution in [1.82, 2.24) is 4.98 Å². The van der Waals surface area contributed by atoms with E-state index < -0.39 is 0 Å². The van der Waals surface area contributed by atoms with Gasteiger partial charge in [-0.1, -0.05) is 23.7 Å². The van der Waals surface area contributed by atoms with Gasteiger partial charge in [-0.15, -0.1) is 0 Å². The quantitative estimate of drug-likeness (QED) is 0.703. The van der Waals surface area contributed by atoms with Crippen LogP contribution >= 0.6 is 11.6 Å². The van der Waals surface area contributed by atoms with Gasteiger partial charge in [0.25, 0.3) is 0 Å². The number of halogens is 1. The molecule has 0 radical (unpaired) electrons. The van der Waals surface area contributed by atoms with E-state index in [1.807, 2.05) is 24.3 Å². The fourth-order valence-electron chi connectivity index (χ4n) is 1.33. The highest BCUT2D eigenvalue weighted by atomic mass is 35.5. The number of aromatic nitrogens is 1. The molecule has 4 heteroatoms. The van der Waals surface area contributed by atoms with Crippen molar-refractivity contribution in [3.63, 3.8) is 0 Å². The van der Waals surface area contributed by atoms with Gasteiger partial charge in [0, 0.05) is 11.9 Å². The Morgan fingerprint density at radius 2 is 2.07 bits per heavy atom. The van der Waals surface area contributed by atoms with Gasteiger partial charge in [-0.2, -0.15) is 0 Å². The summed E-state index contributed by atoms with van der Waals surface area (Å²) in [5.41, 5.74) is 13.5. The van der Waals surface area contributed by atoms with E-state index >= 15 is 0 Å². The van der Waals surface area contributed by atoms with E-state index in [1.165, 1.54) is 0 Å². The third kappa shape index (κ3) is 1.52. The van der Waals surface area contributed by atoms with Crippen LogP contribution < -0.4 is 11.5 Å². The first kappa shape index (κ1) is 9.24. The van der Waals surface area contributed by atoms with E-state index in [0.29, 0.717) is 17.4 Å². The lowest BCUT2D eigenvalue weighted by atomic mass is 10.1. The normalized spacial score (nSPS) is 10.7. The van der Waals surface area contributed by atoms with E-state index in [0.717, 1.165) is 16.5 Å². The molecule has 0 fully saturated rings. The summed E-state index contributed by atoms with van der Waals surface area (Å²) in [5.74, 6) is 0. The summed E-state index contributed by atoms with van der Waals surface area (Å²) in [4.78, 5) is 4.17. The van der Waals surface area contributed by atoms with Gasteiger partial charge < -0.3 is 11.5 Å². The van der Waals surface area contributed by atoms with Crippen LogP contribution in [0.15, 0.2) is 24.3 Å². The van der Waals surface area contributed by atoms with Crippen molar-refractivity contribution >= 4 is 28.2 Å². The average molecular weight is 208 g/mol. The lowest BCUT2D eigenvalue weighted by Gasteiger charge is -2.03. The second kappa shape index (κ2) is 3.44. The number of hydrogen-bond acceptors (Lipinski definition) is 3. The van der Waals surface area contributed by atoms with Crippen molar-refractivity contribution in [2.24, 2.45) is 5.73 Å². The summed E-state index contributed by atoms with van der Waals surface area (Å²) in [6.45, 7) is 0.500. The van der Waals surface area contributed by atoms with E-state index in [1.54, 1.807) is 0 Å². The molecule has 0 aliphatic heterocycles. The van der Waals surface area contributed by atoms with Crippen molar-refractivity contribution < 1.29 is 0 Å². The summed E-state index contributed by atoms with van der Waals surface area (Å²) >= 11 is 5.82. The van der Waals surface area contributed by atoms with Crippen LogP contribution in [0.2, 0.25) is 5.15 Å². The first-order chi connectivity index (χ1) is 6.70. The van der Waals surface area contributed by atoms with Crippen LogP contribution in [0.4, 0.5) is 5.69 Å². The summed E-state index contributed by atoms with van der Waals surface area (Å²) in [6, 6.07) is 7.63. The van der Waals surface area contributed by atoms with E-state index in [4.69, 9.17) is 23.1 Å². The average Bonchev–Trinajstić information content (AvgIpc) is 2.19. The Morgan fingerprint density at radius 3 is 2.79 bits per heavy atom. The lowest BCUT2D eigenvalue weighted by molar-refractivity contribution is 1.07. The first-order valence-corrected chi connectivity index (χ1v) is 4.63. The highest BCUT2D eigenvalue weighted by molar-refractivity contribution is 6.32. The van der Waals surface area contributed by atoms with Gasteiger partial charge in [0.2, 0.25) is 0 Å². The number of pyridine rings is 1. The standard InChI is InChI=1S/C10H10ClN3/c11-10-8(13)4-7-2-1-6(5-12)3-9(7)14-10/h1-4H,5,12-13H2. The monoisotopic (exact) mass is 207 g/mol. The molecule has 0 saturated heterocycles. The minimum Gasteiger partial charge on any atom is -0.396 e. The van der Waals surface area contributed by atoms with Gasteiger partial charge >= 0.3 is 0 Å². The number of nitrogen functional groups attached to an aromatic ring is 1. The van der Waals surface area contributed by atoms with Crippen molar-refractivity contribution in [3.8, 4) is 0 Å². The van der Waals surface area contributed by atoms with Gasteiger partial charge in [0.15, 0.2) is 5.15 Å². The minimum atomic E-state index is 0.340. The minimum absolute atomic E-state index is 0.340. The molecule has 1 aromatic carbocycles. The molecule has 1 heterocycles. The maximum absolute atomic E-state index is 5.82. The number of nitrogens with two attached hydrogens (primary N) is 2. The summed E-state index contributed by atoms with van der Waals surface area (Å²) < 4.78 is 0. The van der Waals surface area contributed by atoms with Gasteiger partial charge in [-0.3, -0.25) is 0 Å². The summed E-state index contributed by atoms with van der Waals surface area (Å²) in [5, 5.41) is 1.32. The number of anilines is 1. The van der Waals surface area contributed by atoms with Crippen molar-refractivity contribution in [1.29, 1.82) is 0 Å². The van der Waals surface area contributed by atoms with Crippen LogP contribution in [0.25, 0.3) is 10.9 Å². The van der Waals surface area contributed by atoms with Gasteiger partial charge in [-0.05, 0) is 17.7 Å². The predicted octanol–water partition coefficient (Wildman–Crippen LogP) is 1.93. The van der Waals surface area contributed by atoms with Gasteiger partial charge in [0.1, 0.15) is 0 Å². The number of rotatable bonds is 1. The molecule has 72 valence electrons. The molecule has 1 aromatic heterocycles. The molecule has 0 atom stereocenters. The number of nitrogens with zero attached hydrogens (tertiary/aromatic N) is 1. The Morgan fingerprint density at radius 1 is 1.29 bits per heavy atom. The number of fused-ring (bicyclic) bond motifs is 1. The van der Waals surface area contributed by atoms with Crippen LogP contribution in [0.3, 0.4) is 0 Å². The molecule has 14 heavy (non-hydrogen) atoms. The fourth-order valence-corrected chi connectivity index (χ4v) is 1.48. The SMILES string of the molecule is NCc1ccc2cc(N)c(Cl)nc2c1. The molecular weight excluding hydrogens is 198 g/mol. The number of hydrogen-bond donors (Lipinski definition) is 2. The molecule has 0 bridgehead atoms. The van der Waals surface area contributed by atoms with E-state index in [9.17, 15) is 0 Å². The van der Waals surface area contributed by atoms with Crippen molar-refractivity contribution in [3.05, 3.63) is 35.0 Å². The van der Waals surface area contributed by atoms with Crippen molar-refractivity contribution in [2.45, 2.75) is 6.54 Å². The largest absolute Gasteiger partial charge is 0.396 e. The predicted molar refractivity (Wildman–Crippen MR) is 59.1 cm³/mol. The fraction of sp³-hybridized carbons (Fsp3) is 0.100. The molecule has 0 aliphatic rings. The second-order valence-electron chi connectivity index (χ2n) is 3.10. The molecule has 2 rings (SSSR count). The third-order valence-corrected chi connectivity index (χ3v) is 2.40. The highest BCUT2D eigenvalue weighted by Crippen LogP contribution is 2.22. The third-order valence-electron chi connectivity index (χ3n) is 2.10. The second-order valence-corrected chi connectivity index (χ2v) is 3.46. The zero-order valence-corrected chi connectivity index (χ0v) is 8.25. The molecule has 0 amide bonds. The maximum Gasteiger partial charge on any atom is 0.152 e.